The van der Waals surface area contributed by atoms with Crippen LogP contribution < -0.4 is 21.3 Å². The zero-order valence-electron chi connectivity index (χ0n) is 15.2. The Balaban J connectivity index is 1.85. The van der Waals surface area contributed by atoms with E-state index in [1.54, 1.807) is 0 Å². The van der Waals surface area contributed by atoms with E-state index in [1.165, 1.54) is 17.1 Å². The molecule has 2 heterocycles. The van der Waals surface area contributed by atoms with Gasteiger partial charge in [0, 0.05) is 30.0 Å². The number of ether oxygens (including phenoxy) is 1. The summed E-state index contributed by atoms with van der Waals surface area (Å²) in [5.74, 6) is 0.287. The Morgan fingerprint density at radius 2 is 2.07 bits per heavy atom. The second-order valence-electron chi connectivity index (χ2n) is 6.36. The number of benzene rings is 1. The van der Waals surface area contributed by atoms with Crippen molar-refractivity contribution in [3.63, 3.8) is 0 Å². The molecular weight excluding hydrogens is 379 g/mol. The van der Waals surface area contributed by atoms with Gasteiger partial charge < -0.3 is 9.15 Å². The molecule has 2 aromatic rings. The number of nitrogens with zero attached hydrogens (tertiary/aromatic N) is 1. The van der Waals surface area contributed by atoms with E-state index in [4.69, 9.17) is 9.15 Å². The number of hydrazine groups is 2. The molecule has 1 aromatic carbocycles. The fourth-order valence-electron chi connectivity index (χ4n) is 3.07. The zero-order chi connectivity index (χ0) is 20.3. The largest absolute Gasteiger partial charge is 0.493 e. The van der Waals surface area contributed by atoms with Crippen molar-refractivity contribution in [2.45, 2.75) is 32.4 Å². The van der Waals surface area contributed by atoms with Crippen molar-refractivity contribution in [2.24, 2.45) is 0 Å². The second-order valence-corrected chi connectivity index (χ2v) is 6.36. The quantitative estimate of drug-likeness (QED) is 0.550. The molecule has 0 aliphatic carbocycles. The third kappa shape index (κ3) is 4.28. The Bertz CT molecular complexity index is 927. The number of aryl methyl sites for hydroxylation is 1. The van der Waals surface area contributed by atoms with Crippen LogP contribution >= 0.6 is 0 Å². The predicted molar refractivity (Wildman–Crippen MR) is 94.4 cm³/mol. The molecule has 28 heavy (non-hydrogen) atoms. The van der Waals surface area contributed by atoms with Gasteiger partial charge in [-0.3, -0.25) is 9.80 Å². The van der Waals surface area contributed by atoms with E-state index in [-0.39, 0.29) is 30.0 Å². The molecule has 7 nitrogen and oxygen atoms in total. The van der Waals surface area contributed by atoms with E-state index in [2.05, 4.69) is 11.0 Å². The van der Waals surface area contributed by atoms with Crippen LogP contribution in [0.3, 0.4) is 0 Å². The molecule has 1 amide bonds. The highest BCUT2D eigenvalue weighted by Gasteiger charge is 2.34. The van der Waals surface area contributed by atoms with Gasteiger partial charge in [-0.1, -0.05) is 13.3 Å². The van der Waals surface area contributed by atoms with Gasteiger partial charge in [-0.25, -0.2) is 10.2 Å². The summed E-state index contributed by atoms with van der Waals surface area (Å²) in [6, 6.07) is 3.18. The van der Waals surface area contributed by atoms with Crippen LogP contribution in [-0.2, 0) is 17.4 Å². The maximum absolute atomic E-state index is 13.3. The minimum Gasteiger partial charge on any atom is -0.493 e. The summed E-state index contributed by atoms with van der Waals surface area (Å²) in [5.41, 5.74) is 3.67. The molecule has 152 valence electrons. The Morgan fingerprint density at radius 3 is 2.71 bits per heavy atom. The summed E-state index contributed by atoms with van der Waals surface area (Å²) in [5, 5.41) is 1.26. The molecule has 0 spiro atoms. The Kier molecular flexibility index (Phi) is 5.90. The zero-order valence-corrected chi connectivity index (χ0v) is 15.2. The maximum Gasteiger partial charge on any atom is 0.417 e. The van der Waals surface area contributed by atoms with Gasteiger partial charge in [-0.15, -0.1) is 0 Å². The number of carbonyl (C=O) groups excluding carboxylic acids is 1. The van der Waals surface area contributed by atoms with Crippen molar-refractivity contribution in [3.8, 4) is 5.75 Å². The summed E-state index contributed by atoms with van der Waals surface area (Å²) >= 11 is 0. The number of amides is 1. The van der Waals surface area contributed by atoms with Crippen molar-refractivity contribution >= 4 is 16.9 Å². The molecule has 3 rings (SSSR count). The van der Waals surface area contributed by atoms with Crippen LogP contribution in [0.5, 0.6) is 5.75 Å². The molecule has 1 aliphatic rings. The molecule has 10 heteroatoms. The van der Waals surface area contributed by atoms with Gasteiger partial charge in [0.15, 0.2) is 0 Å². The van der Waals surface area contributed by atoms with E-state index < -0.39 is 17.4 Å². The van der Waals surface area contributed by atoms with Crippen LogP contribution in [0.2, 0.25) is 0 Å². The number of nitrogens with one attached hydrogen (secondary N) is 2. The van der Waals surface area contributed by atoms with Gasteiger partial charge in [-0.05, 0) is 18.6 Å². The van der Waals surface area contributed by atoms with E-state index in [0.717, 1.165) is 0 Å². The third-order valence-corrected chi connectivity index (χ3v) is 4.32. The molecule has 0 unspecified atom stereocenters. The number of carbonyl (C=O) groups is 1. The number of hydrogen-bond acceptors (Lipinski definition) is 6. The molecule has 2 N–H and O–H groups in total. The Hall–Kier alpha value is -2.59. The summed E-state index contributed by atoms with van der Waals surface area (Å²) < 4.78 is 50.7. The van der Waals surface area contributed by atoms with Crippen LogP contribution in [0.1, 0.15) is 30.9 Å². The van der Waals surface area contributed by atoms with Crippen LogP contribution in [0.25, 0.3) is 11.0 Å². The molecular formula is C18H20F3N3O4. The van der Waals surface area contributed by atoms with E-state index in [0.29, 0.717) is 43.2 Å². The van der Waals surface area contributed by atoms with Crippen LogP contribution in [0.4, 0.5) is 13.2 Å². The lowest BCUT2D eigenvalue weighted by Gasteiger charge is -2.17. The molecule has 1 saturated heterocycles. The fraction of sp³-hybridized carbons (Fsp3) is 0.444. The lowest BCUT2D eigenvalue weighted by molar-refractivity contribution is -0.136. The average Bonchev–Trinajstić information content (AvgIpc) is 3.04. The third-order valence-electron chi connectivity index (χ3n) is 4.32. The molecule has 1 fully saturated rings. The molecule has 1 aliphatic heterocycles. The number of alkyl halides is 3. The first-order valence-electron chi connectivity index (χ1n) is 8.90. The van der Waals surface area contributed by atoms with Gasteiger partial charge >= 0.3 is 11.8 Å². The number of fused-ring (bicyclic) bond motifs is 1. The van der Waals surface area contributed by atoms with Gasteiger partial charge in [-0.2, -0.15) is 18.7 Å². The summed E-state index contributed by atoms with van der Waals surface area (Å²) in [6.45, 7) is 2.74. The first-order chi connectivity index (χ1) is 13.3. The van der Waals surface area contributed by atoms with Crippen LogP contribution in [0.15, 0.2) is 27.4 Å². The van der Waals surface area contributed by atoms with E-state index >= 15 is 0 Å². The second kappa shape index (κ2) is 8.19. The van der Waals surface area contributed by atoms with Crippen molar-refractivity contribution in [1.29, 1.82) is 0 Å². The van der Waals surface area contributed by atoms with Crippen molar-refractivity contribution < 1.29 is 27.1 Å². The summed E-state index contributed by atoms with van der Waals surface area (Å²) in [6.07, 6.45) is -3.12. The number of hydrogen-bond donors (Lipinski definition) is 2. The number of rotatable bonds is 7. The molecule has 1 aromatic heterocycles. The minimum absolute atomic E-state index is 0.0844. The summed E-state index contributed by atoms with van der Waals surface area (Å²) in [7, 11) is 0. The smallest absolute Gasteiger partial charge is 0.417 e. The van der Waals surface area contributed by atoms with Crippen LogP contribution in [-0.4, -0.2) is 30.6 Å². The maximum atomic E-state index is 13.3. The van der Waals surface area contributed by atoms with Crippen LogP contribution in [0, 0.1) is 0 Å². The average molecular weight is 399 g/mol. The van der Waals surface area contributed by atoms with Crippen molar-refractivity contribution in [1.82, 2.24) is 16.0 Å². The highest BCUT2D eigenvalue weighted by molar-refractivity contribution is 5.85. The fourth-order valence-corrected chi connectivity index (χ4v) is 3.07. The van der Waals surface area contributed by atoms with Crippen molar-refractivity contribution in [2.75, 3.05) is 19.7 Å². The lowest BCUT2D eigenvalue weighted by atomic mass is 10.0. The first-order valence-corrected chi connectivity index (χ1v) is 8.90. The highest BCUT2D eigenvalue weighted by atomic mass is 19.4. The van der Waals surface area contributed by atoms with Gasteiger partial charge in [0.05, 0.1) is 18.7 Å². The predicted octanol–water partition coefficient (Wildman–Crippen LogP) is 2.38. The monoisotopic (exact) mass is 399 g/mol. The normalized spacial score (nSPS) is 14.9. The molecule has 0 atom stereocenters. The van der Waals surface area contributed by atoms with E-state index in [9.17, 15) is 22.8 Å². The molecule has 0 bridgehead atoms. The SMILES string of the molecule is CCCc1c(OCCCN2NNCC2=O)ccc2c(C(F)(F)F)cc(=O)oc12. The lowest BCUT2D eigenvalue weighted by Crippen LogP contribution is -2.38. The Labute approximate surface area is 158 Å². The van der Waals surface area contributed by atoms with Gasteiger partial charge in [0.1, 0.15) is 11.3 Å². The topological polar surface area (TPSA) is 83.8 Å². The highest BCUT2D eigenvalue weighted by Crippen LogP contribution is 2.37. The van der Waals surface area contributed by atoms with Gasteiger partial charge in [0.25, 0.3) is 5.91 Å². The standard InChI is InChI=1S/C18H20F3N3O4/c1-2-4-12-14(27-8-3-7-24-15(25)10-22-23-24)6-5-11-13(18(19,20)21)9-16(26)28-17(11)12/h5-6,9,22-23H,2-4,7-8,10H2,1H3. The Morgan fingerprint density at radius 1 is 1.29 bits per heavy atom. The molecule has 0 saturated carbocycles. The van der Waals surface area contributed by atoms with E-state index in [1.807, 2.05) is 6.92 Å². The minimum atomic E-state index is -4.66. The first kappa shape index (κ1) is 20.2. The molecule has 0 radical (unpaired) electrons. The number of halogens is 3. The van der Waals surface area contributed by atoms with Gasteiger partial charge in [0.2, 0.25) is 0 Å². The van der Waals surface area contributed by atoms with Crippen molar-refractivity contribution in [3.05, 3.63) is 39.7 Å². The summed E-state index contributed by atoms with van der Waals surface area (Å²) in [4.78, 5) is 23.2.